The predicted octanol–water partition coefficient (Wildman–Crippen LogP) is 1.50. The van der Waals surface area contributed by atoms with Crippen LogP contribution >= 0.6 is 11.6 Å². The largest absolute Gasteiger partial charge is 0.396 e. The number of anilines is 2. The lowest BCUT2D eigenvalue weighted by molar-refractivity contribution is 0.282. The third-order valence-electron chi connectivity index (χ3n) is 1.83. The van der Waals surface area contributed by atoms with Gasteiger partial charge in [-0.1, -0.05) is 11.6 Å². The fraction of sp³-hybridized carbons (Fsp3) is 0.444. The first-order chi connectivity index (χ1) is 6.63. The molecule has 0 spiro atoms. The number of nitrogens with zero attached hydrogens (tertiary/aromatic N) is 1. The van der Waals surface area contributed by atoms with Gasteiger partial charge in [0.15, 0.2) is 0 Å². The first-order valence-electron chi connectivity index (χ1n) is 4.42. The molecule has 0 aliphatic heterocycles. The van der Waals surface area contributed by atoms with Crippen LogP contribution in [0.4, 0.5) is 11.5 Å². The smallest absolute Gasteiger partial charge is 0.149 e. The second-order valence-electron chi connectivity index (χ2n) is 3.15. The van der Waals surface area contributed by atoms with Crippen LogP contribution in [-0.2, 0) is 0 Å². The van der Waals surface area contributed by atoms with Crippen molar-refractivity contribution in [1.29, 1.82) is 0 Å². The van der Waals surface area contributed by atoms with Crippen molar-refractivity contribution in [2.24, 2.45) is 0 Å². The lowest BCUT2D eigenvalue weighted by Gasteiger charge is -2.14. The Kier molecular flexibility index (Phi) is 3.98. The van der Waals surface area contributed by atoms with Crippen molar-refractivity contribution < 1.29 is 5.11 Å². The van der Waals surface area contributed by atoms with E-state index < -0.39 is 0 Å². The number of nitrogens with two attached hydrogens (primary N) is 1. The van der Waals surface area contributed by atoms with Crippen LogP contribution in [0.2, 0.25) is 5.02 Å². The molecule has 4 nitrogen and oxygen atoms in total. The van der Waals surface area contributed by atoms with E-state index in [0.29, 0.717) is 22.9 Å². The van der Waals surface area contributed by atoms with E-state index in [4.69, 9.17) is 22.4 Å². The second kappa shape index (κ2) is 5.02. The van der Waals surface area contributed by atoms with Gasteiger partial charge < -0.3 is 16.2 Å². The molecule has 4 N–H and O–H groups in total. The molecule has 1 atom stereocenters. The van der Waals surface area contributed by atoms with Crippen LogP contribution in [0.5, 0.6) is 0 Å². The summed E-state index contributed by atoms with van der Waals surface area (Å²) in [5.41, 5.74) is 6.21. The average molecular weight is 216 g/mol. The average Bonchev–Trinajstić information content (AvgIpc) is 2.10. The van der Waals surface area contributed by atoms with Gasteiger partial charge >= 0.3 is 0 Å². The third-order valence-corrected chi connectivity index (χ3v) is 2.04. The molecule has 78 valence electrons. The van der Waals surface area contributed by atoms with Crippen molar-refractivity contribution in [3.63, 3.8) is 0 Å². The van der Waals surface area contributed by atoms with Gasteiger partial charge in [0.05, 0.1) is 10.7 Å². The second-order valence-corrected chi connectivity index (χ2v) is 3.59. The Hall–Kier alpha value is -1.00. The van der Waals surface area contributed by atoms with Gasteiger partial charge in [0, 0.05) is 18.8 Å². The maximum Gasteiger partial charge on any atom is 0.149 e. The van der Waals surface area contributed by atoms with Gasteiger partial charge in [0.2, 0.25) is 0 Å². The highest BCUT2D eigenvalue weighted by molar-refractivity contribution is 6.30. The van der Waals surface area contributed by atoms with Crippen LogP contribution in [0.1, 0.15) is 13.3 Å². The zero-order valence-corrected chi connectivity index (χ0v) is 8.75. The monoisotopic (exact) mass is 215 g/mol. The standard InChI is InChI=1S/C9H14ClN3O/c1-6(2-3-14)13-9-8(11)4-7(10)5-12-9/h4-6,14H,2-3,11H2,1H3,(H,12,13). The fourth-order valence-electron chi connectivity index (χ4n) is 1.07. The minimum absolute atomic E-state index is 0.135. The number of hydrogen-bond acceptors (Lipinski definition) is 4. The molecule has 0 bridgehead atoms. The summed E-state index contributed by atoms with van der Waals surface area (Å²) in [6, 6.07) is 1.78. The van der Waals surface area contributed by atoms with Crippen LogP contribution in [0.3, 0.4) is 0 Å². The molecule has 1 aromatic rings. The number of aliphatic hydroxyl groups is 1. The molecule has 1 aromatic heterocycles. The molecule has 0 radical (unpaired) electrons. The number of nitrogen functional groups attached to an aromatic ring is 1. The van der Waals surface area contributed by atoms with Crippen molar-refractivity contribution in [1.82, 2.24) is 4.98 Å². The summed E-state index contributed by atoms with van der Waals surface area (Å²) in [5.74, 6) is 0.607. The van der Waals surface area contributed by atoms with Gasteiger partial charge in [-0.05, 0) is 19.4 Å². The summed E-state index contributed by atoms with van der Waals surface area (Å²) < 4.78 is 0. The van der Waals surface area contributed by atoms with Gasteiger partial charge in [-0.3, -0.25) is 0 Å². The van der Waals surface area contributed by atoms with E-state index in [-0.39, 0.29) is 12.6 Å². The Labute approximate surface area is 88.1 Å². The first-order valence-corrected chi connectivity index (χ1v) is 4.79. The molecule has 0 aliphatic rings. The zero-order chi connectivity index (χ0) is 10.6. The molecule has 0 saturated heterocycles. The number of pyridine rings is 1. The SMILES string of the molecule is CC(CCO)Nc1ncc(Cl)cc1N. The molecule has 0 aromatic carbocycles. The van der Waals surface area contributed by atoms with E-state index in [2.05, 4.69) is 10.3 Å². The van der Waals surface area contributed by atoms with Crippen LogP contribution < -0.4 is 11.1 Å². The molecule has 0 aliphatic carbocycles. The maximum absolute atomic E-state index is 8.72. The van der Waals surface area contributed by atoms with E-state index in [0.717, 1.165) is 0 Å². The van der Waals surface area contributed by atoms with Crippen LogP contribution in [0.15, 0.2) is 12.3 Å². The summed E-state index contributed by atoms with van der Waals surface area (Å²) in [4.78, 5) is 4.05. The Morgan fingerprint density at radius 1 is 1.71 bits per heavy atom. The highest BCUT2D eigenvalue weighted by atomic mass is 35.5. The van der Waals surface area contributed by atoms with Crippen molar-refractivity contribution in [2.75, 3.05) is 17.7 Å². The molecule has 1 rings (SSSR count). The summed E-state index contributed by atoms with van der Waals surface area (Å²) in [6.45, 7) is 2.09. The Balaban J connectivity index is 2.67. The van der Waals surface area contributed by atoms with Gasteiger partial charge in [-0.15, -0.1) is 0 Å². The number of nitrogens with one attached hydrogen (secondary N) is 1. The summed E-state index contributed by atoms with van der Waals surface area (Å²) in [6.07, 6.45) is 2.19. The number of hydrogen-bond donors (Lipinski definition) is 3. The molecular formula is C9H14ClN3O. The molecule has 0 fully saturated rings. The van der Waals surface area contributed by atoms with E-state index >= 15 is 0 Å². The minimum Gasteiger partial charge on any atom is -0.396 e. The maximum atomic E-state index is 8.72. The molecule has 0 amide bonds. The van der Waals surface area contributed by atoms with Gasteiger partial charge in [0.1, 0.15) is 5.82 Å². The topological polar surface area (TPSA) is 71.2 Å². The molecule has 0 saturated carbocycles. The van der Waals surface area contributed by atoms with E-state index in [9.17, 15) is 0 Å². The predicted molar refractivity (Wildman–Crippen MR) is 58.4 cm³/mol. The third kappa shape index (κ3) is 3.05. The van der Waals surface area contributed by atoms with Crippen molar-refractivity contribution >= 4 is 23.1 Å². The minimum atomic E-state index is 0.135. The highest BCUT2D eigenvalue weighted by Gasteiger charge is 2.05. The van der Waals surface area contributed by atoms with Crippen LogP contribution in [-0.4, -0.2) is 22.7 Å². The Morgan fingerprint density at radius 3 is 3.00 bits per heavy atom. The van der Waals surface area contributed by atoms with Crippen LogP contribution in [0.25, 0.3) is 0 Å². The molecule has 5 heteroatoms. The van der Waals surface area contributed by atoms with Gasteiger partial charge in [0.25, 0.3) is 0 Å². The highest BCUT2D eigenvalue weighted by Crippen LogP contribution is 2.20. The summed E-state index contributed by atoms with van der Waals surface area (Å²) >= 11 is 5.70. The summed E-state index contributed by atoms with van der Waals surface area (Å²) in [7, 11) is 0. The first kappa shape index (κ1) is 11.1. The quantitative estimate of drug-likeness (QED) is 0.712. The van der Waals surface area contributed by atoms with Gasteiger partial charge in [-0.2, -0.15) is 0 Å². The number of aromatic nitrogens is 1. The van der Waals surface area contributed by atoms with E-state index in [1.54, 1.807) is 6.07 Å². The Bertz CT molecular complexity index is 306. The number of halogens is 1. The Morgan fingerprint density at radius 2 is 2.43 bits per heavy atom. The number of aliphatic hydroxyl groups excluding tert-OH is 1. The van der Waals surface area contributed by atoms with Gasteiger partial charge in [-0.25, -0.2) is 4.98 Å². The molecular weight excluding hydrogens is 202 g/mol. The van der Waals surface area contributed by atoms with E-state index in [1.807, 2.05) is 6.92 Å². The van der Waals surface area contributed by atoms with E-state index in [1.165, 1.54) is 6.20 Å². The lowest BCUT2D eigenvalue weighted by atomic mass is 10.2. The molecule has 1 heterocycles. The summed E-state index contributed by atoms with van der Waals surface area (Å²) in [5, 5.41) is 12.3. The number of rotatable bonds is 4. The van der Waals surface area contributed by atoms with Crippen LogP contribution in [0, 0.1) is 0 Å². The molecule has 1 unspecified atom stereocenters. The van der Waals surface area contributed by atoms with Crippen molar-refractivity contribution in [3.05, 3.63) is 17.3 Å². The zero-order valence-electron chi connectivity index (χ0n) is 8.00. The van der Waals surface area contributed by atoms with Crippen molar-refractivity contribution in [3.8, 4) is 0 Å². The lowest BCUT2D eigenvalue weighted by Crippen LogP contribution is -2.18. The normalized spacial score (nSPS) is 12.5. The molecule has 14 heavy (non-hydrogen) atoms. The van der Waals surface area contributed by atoms with Crippen molar-refractivity contribution in [2.45, 2.75) is 19.4 Å². The fourth-order valence-corrected chi connectivity index (χ4v) is 1.24.